The normalized spacial score (nSPS) is 23.1. The lowest BCUT2D eigenvalue weighted by atomic mass is 9.76. The van der Waals surface area contributed by atoms with Gasteiger partial charge >= 0.3 is 0 Å². The summed E-state index contributed by atoms with van der Waals surface area (Å²) in [6.07, 6.45) is 11.5. The van der Waals surface area contributed by atoms with Crippen LogP contribution in [0.2, 0.25) is 0 Å². The molecular formula is C29H38F2O. The number of ether oxygens (including phenoxy) is 1. The van der Waals surface area contributed by atoms with Crippen LogP contribution < -0.4 is 4.74 Å². The predicted molar refractivity (Wildman–Crippen MR) is 128 cm³/mol. The van der Waals surface area contributed by atoms with Crippen LogP contribution in [-0.2, 0) is 12.8 Å². The molecule has 3 heteroatoms. The second-order valence-corrected chi connectivity index (χ2v) is 9.98. The highest BCUT2D eigenvalue weighted by Crippen LogP contribution is 2.41. The molecule has 4 rings (SSSR count). The fraction of sp³-hybridized carbons (Fsp3) is 0.586. The Hall–Kier alpha value is -1.90. The molecule has 0 saturated heterocycles. The van der Waals surface area contributed by atoms with Crippen molar-refractivity contribution in [3.05, 3.63) is 64.2 Å². The molecule has 1 unspecified atom stereocenters. The minimum Gasteiger partial charge on any atom is -0.494 e. The molecule has 0 bridgehead atoms. The van der Waals surface area contributed by atoms with E-state index in [2.05, 4.69) is 26.0 Å². The maximum atomic E-state index is 15.2. The van der Waals surface area contributed by atoms with Crippen molar-refractivity contribution in [2.45, 2.75) is 96.3 Å². The van der Waals surface area contributed by atoms with Crippen molar-refractivity contribution in [1.82, 2.24) is 0 Å². The fourth-order valence-corrected chi connectivity index (χ4v) is 5.82. The van der Waals surface area contributed by atoms with Crippen molar-refractivity contribution in [1.29, 1.82) is 0 Å². The summed E-state index contributed by atoms with van der Waals surface area (Å²) in [5, 5.41) is 0. The van der Waals surface area contributed by atoms with Crippen LogP contribution in [0.3, 0.4) is 0 Å². The van der Waals surface area contributed by atoms with Crippen LogP contribution in [0, 0.1) is 17.6 Å². The zero-order valence-electron chi connectivity index (χ0n) is 19.8. The molecule has 0 amide bonds. The van der Waals surface area contributed by atoms with E-state index in [0.717, 1.165) is 62.4 Å². The summed E-state index contributed by atoms with van der Waals surface area (Å²) < 4.78 is 36.2. The summed E-state index contributed by atoms with van der Waals surface area (Å²) >= 11 is 0. The van der Waals surface area contributed by atoms with Gasteiger partial charge in [-0.2, -0.15) is 0 Å². The van der Waals surface area contributed by atoms with Gasteiger partial charge in [0.25, 0.3) is 0 Å². The van der Waals surface area contributed by atoms with E-state index in [1.165, 1.54) is 36.8 Å². The van der Waals surface area contributed by atoms with Crippen molar-refractivity contribution in [2.24, 2.45) is 5.92 Å². The Morgan fingerprint density at radius 1 is 0.844 bits per heavy atom. The molecule has 0 N–H and O–H groups in total. The molecule has 1 atom stereocenters. The van der Waals surface area contributed by atoms with Gasteiger partial charge in [-0.25, -0.2) is 8.78 Å². The molecule has 0 heterocycles. The monoisotopic (exact) mass is 440 g/mol. The standard InChI is InChI=1S/C29H38F2O/c1-3-5-15-32-26-14-13-22-16-24(12-11-23(22)17-26)29-27(30)18-25(19-28(29)31)21-9-7-20(6-4-2)8-10-21/h13-14,17-21,24H,3-12,15-16H2,1-2H3. The lowest BCUT2D eigenvalue weighted by Crippen LogP contribution is -2.17. The Labute approximate surface area is 192 Å². The minimum absolute atomic E-state index is 0.0938. The number of hydrogen-bond donors (Lipinski definition) is 0. The van der Waals surface area contributed by atoms with Crippen LogP contribution >= 0.6 is 0 Å². The van der Waals surface area contributed by atoms with Crippen LogP contribution in [0.5, 0.6) is 5.75 Å². The highest BCUT2D eigenvalue weighted by atomic mass is 19.1. The highest BCUT2D eigenvalue weighted by molar-refractivity contribution is 5.41. The molecule has 174 valence electrons. The molecule has 0 spiro atoms. The third-order valence-corrected chi connectivity index (χ3v) is 7.70. The van der Waals surface area contributed by atoms with Crippen LogP contribution in [0.1, 0.15) is 106 Å². The van der Waals surface area contributed by atoms with Gasteiger partial charge in [0.1, 0.15) is 17.4 Å². The second kappa shape index (κ2) is 10.8. The van der Waals surface area contributed by atoms with Crippen LogP contribution in [-0.4, -0.2) is 6.61 Å². The molecule has 2 aromatic rings. The number of hydrogen-bond acceptors (Lipinski definition) is 1. The average Bonchev–Trinajstić information content (AvgIpc) is 2.79. The van der Waals surface area contributed by atoms with E-state index in [1.807, 2.05) is 6.07 Å². The van der Waals surface area contributed by atoms with Gasteiger partial charge in [0, 0.05) is 5.56 Å². The molecule has 0 radical (unpaired) electrons. The number of benzene rings is 2. The molecule has 1 saturated carbocycles. The maximum absolute atomic E-state index is 15.2. The van der Waals surface area contributed by atoms with E-state index < -0.39 is 0 Å². The smallest absolute Gasteiger partial charge is 0.129 e. The molecule has 1 fully saturated rings. The van der Waals surface area contributed by atoms with E-state index in [-0.39, 0.29) is 17.6 Å². The molecule has 2 aliphatic rings. The lowest BCUT2D eigenvalue weighted by molar-refractivity contribution is 0.307. The third-order valence-electron chi connectivity index (χ3n) is 7.70. The zero-order valence-corrected chi connectivity index (χ0v) is 19.8. The molecule has 32 heavy (non-hydrogen) atoms. The van der Waals surface area contributed by atoms with Crippen molar-refractivity contribution >= 4 is 0 Å². The number of fused-ring (bicyclic) bond motifs is 1. The van der Waals surface area contributed by atoms with Gasteiger partial charge in [0.15, 0.2) is 0 Å². The molecule has 2 aromatic carbocycles. The molecule has 0 aliphatic heterocycles. The first-order valence-electron chi connectivity index (χ1n) is 12.8. The number of halogens is 2. The van der Waals surface area contributed by atoms with E-state index in [0.29, 0.717) is 17.9 Å². The number of unbranched alkanes of at least 4 members (excludes halogenated alkanes) is 1. The van der Waals surface area contributed by atoms with Gasteiger partial charge in [-0.15, -0.1) is 0 Å². The Kier molecular flexibility index (Phi) is 7.86. The first kappa shape index (κ1) is 23.3. The van der Waals surface area contributed by atoms with Crippen molar-refractivity contribution in [3.63, 3.8) is 0 Å². The van der Waals surface area contributed by atoms with Crippen molar-refractivity contribution < 1.29 is 13.5 Å². The van der Waals surface area contributed by atoms with Gasteiger partial charge in [0.2, 0.25) is 0 Å². The summed E-state index contributed by atoms with van der Waals surface area (Å²) in [7, 11) is 0. The molecular weight excluding hydrogens is 402 g/mol. The first-order chi connectivity index (χ1) is 15.6. The van der Waals surface area contributed by atoms with Crippen molar-refractivity contribution in [3.8, 4) is 5.75 Å². The Bertz CT molecular complexity index is 875. The van der Waals surface area contributed by atoms with E-state index in [1.54, 1.807) is 12.1 Å². The van der Waals surface area contributed by atoms with Crippen LogP contribution in [0.15, 0.2) is 30.3 Å². The second-order valence-electron chi connectivity index (χ2n) is 9.98. The zero-order chi connectivity index (χ0) is 22.5. The third kappa shape index (κ3) is 5.35. The quantitative estimate of drug-likeness (QED) is 0.374. The van der Waals surface area contributed by atoms with Crippen LogP contribution in [0.4, 0.5) is 8.78 Å². The molecule has 1 nitrogen and oxygen atoms in total. The molecule has 2 aliphatic carbocycles. The Morgan fingerprint density at radius 3 is 2.28 bits per heavy atom. The van der Waals surface area contributed by atoms with E-state index >= 15 is 8.78 Å². The Morgan fingerprint density at radius 2 is 1.59 bits per heavy atom. The maximum Gasteiger partial charge on any atom is 0.129 e. The lowest BCUT2D eigenvalue weighted by Gasteiger charge is -2.30. The Balaban J connectivity index is 1.44. The summed E-state index contributed by atoms with van der Waals surface area (Å²) in [6, 6.07) is 9.49. The SMILES string of the molecule is CCCCOc1ccc2c(c1)CCC(c1c(F)cc(C3CCC(CCC)CC3)cc1F)C2. The van der Waals surface area contributed by atoms with Gasteiger partial charge in [0.05, 0.1) is 6.61 Å². The van der Waals surface area contributed by atoms with Gasteiger partial charge in [-0.1, -0.05) is 39.2 Å². The minimum atomic E-state index is -0.344. The van der Waals surface area contributed by atoms with Gasteiger partial charge in [-0.05, 0) is 110 Å². The predicted octanol–water partition coefficient (Wildman–Crippen LogP) is 8.49. The number of aryl methyl sites for hydroxylation is 1. The number of rotatable bonds is 8. The van der Waals surface area contributed by atoms with Gasteiger partial charge < -0.3 is 4.74 Å². The highest BCUT2D eigenvalue weighted by Gasteiger charge is 2.28. The summed E-state index contributed by atoms with van der Waals surface area (Å²) in [6.45, 7) is 5.12. The van der Waals surface area contributed by atoms with Crippen molar-refractivity contribution in [2.75, 3.05) is 6.61 Å². The topological polar surface area (TPSA) is 9.23 Å². The first-order valence-corrected chi connectivity index (χ1v) is 12.8. The van der Waals surface area contributed by atoms with Crippen LogP contribution in [0.25, 0.3) is 0 Å². The van der Waals surface area contributed by atoms with E-state index in [4.69, 9.17) is 4.74 Å². The average molecular weight is 441 g/mol. The largest absolute Gasteiger partial charge is 0.494 e. The van der Waals surface area contributed by atoms with E-state index in [9.17, 15) is 0 Å². The molecule has 0 aromatic heterocycles. The van der Waals surface area contributed by atoms with Gasteiger partial charge in [-0.3, -0.25) is 0 Å². The summed E-state index contributed by atoms with van der Waals surface area (Å²) in [4.78, 5) is 0. The summed E-state index contributed by atoms with van der Waals surface area (Å²) in [5.74, 6) is 1.23. The fourth-order valence-electron chi connectivity index (χ4n) is 5.82. The summed E-state index contributed by atoms with van der Waals surface area (Å²) in [5.41, 5.74) is 3.61.